The average molecular weight is 264 g/mol. The molecular weight excluding hydrogens is 248 g/mol. The number of nitrogens with zero attached hydrogens (tertiary/aromatic N) is 5. The van der Waals surface area contributed by atoms with Crippen molar-refractivity contribution in [1.82, 2.24) is 24.5 Å². The molecule has 0 aliphatic carbocycles. The number of rotatable bonds is 6. The van der Waals surface area contributed by atoms with Crippen LogP contribution in [0, 0.1) is 0 Å². The molecular formula is C11H16N6O2. The molecule has 0 unspecified atom stereocenters. The monoisotopic (exact) mass is 264 g/mol. The number of aromatic nitrogens is 5. The first kappa shape index (κ1) is 13.2. The van der Waals surface area contributed by atoms with Gasteiger partial charge in [0.15, 0.2) is 5.69 Å². The molecule has 2 N–H and O–H groups in total. The lowest BCUT2D eigenvalue weighted by molar-refractivity contribution is 0.0518. The number of hydrogen-bond acceptors (Lipinski definition) is 6. The second-order valence-electron chi connectivity index (χ2n) is 3.83. The third-order valence-electron chi connectivity index (χ3n) is 2.63. The molecule has 0 saturated carbocycles. The summed E-state index contributed by atoms with van der Waals surface area (Å²) in [7, 11) is 0. The van der Waals surface area contributed by atoms with Crippen molar-refractivity contribution in [1.29, 1.82) is 0 Å². The summed E-state index contributed by atoms with van der Waals surface area (Å²) in [5, 5.41) is 7.78. The second kappa shape index (κ2) is 6.10. The Morgan fingerprint density at radius 1 is 1.47 bits per heavy atom. The normalized spacial score (nSPS) is 10.6. The lowest BCUT2D eigenvalue weighted by Gasteiger charge is -2.06. The van der Waals surface area contributed by atoms with E-state index in [-0.39, 0.29) is 12.2 Å². The number of carbonyl (C=O) groups excluding carboxylic acids is 1. The molecule has 0 atom stereocenters. The molecule has 102 valence electrons. The van der Waals surface area contributed by atoms with Crippen LogP contribution < -0.4 is 5.73 Å². The number of nitrogens with two attached hydrogens (primary N) is 1. The van der Waals surface area contributed by atoms with Gasteiger partial charge in [0.1, 0.15) is 0 Å². The zero-order valence-corrected chi connectivity index (χ0v) is 10.7. The highest BCUT2D eigenvalue weighted by Crippen LogP contribution is 2.07. The molecule has 0 saturated heterocycles. The number of imidazole rings is 1. The van der Waals surface area contributed by atoms with Crippen molar-refractivity contribution in [2.24, 2.45) is 5.73 Å². The zero-order valence-electron chi connectivity index (χ0n) is 10.7. The summed E-state index contributed by atoms with van der Waals surface area (Å²) in [4.78, 5) is 15.6. The van der Waals surface area contributed by atoms with Crippen LogP contribution in [0.2, 0.25) is 0 Å². The summed E-state index contributed by atoms with van der Waals surface area (Å²) < 4.78 is 8.43. The smallest absolute Gasteiger partial charge is 0.360 e. The van der Waals surface area contributed by atoms with Gasteiger partial charge >= 0.3 is 5.97 Å². The number of hydrogen-bond donors (Lipinski definition) is 1. The van der Waals surface area contributed by atoms with Gasteiger partial charge in [0, 0.05) is 25.5 Å². The van der Waals surface area contributed by atoms with E-state index in [1.54, 1.807) is 24.1 Å². The van der Waals surface area contributed by atoms with Crippen molar-refractivity contribution >= 4 is 5.97 Å². The first-order chi connectivity index (χ1) is 9.26. The van der Waals surface area contributed by atoms with Crippen LogP contribution in [0.1, 0.15) is 23.1 Å². The van der Waals surface area contributed by atoms with Crippen molar-refractivity contribution < 1.29 is 9.53 Å². The minimum atomic E-state index is -0.489. The molecule has 8 nitrogen and oxygen atoms in total. The molecule has 8 heteroatoms. The minimum Gasteiger partial charge on any atom is -0.461 e. The standard InChI is InChI=1S/C11H16N6O2/c1-2-19-11(18)10-9(7-12)17(15-14-10)6-5-16-4-3-13-8-16/h3-4,8H,2,5-7,12H2,1H3. The highest BCUT2D eigenvalue weighted by atomic mass is 16.5. The number of aryl methyl sites for hydroxylation is 2. The third-order valence-corrected chi connectivity index (χ3v) is 2.63. The van der Waals surface area contributed by atoms with E-state index < -0.39 is 5.97 Å². The van der Waals surface area contributed by atoms with Gasteiger partial charge in [0.05, 0.1) is 25.2 Å². The summed E-state index contributed by atoms with van der Waals surface area (Å²) in [5.41, 5.74) is 6.42. The molecule has 0 radical (unpaired) electrons. The van der Waals surface area contributed by atoms with Crippen LogP contribution in [0.15, 0.2) is 18.7 Å². The summed E-state index contributed by atoms with van der Waals surface area (Å²) in [6, 6.07) is 0. The number of carbonyl (C=O) groups is 1. The van der Waals surface area contributed by atoms with Gasteiger partial charge in [-0.25, -0.2) is 14.5 Å². The highest BCUT2D eigenvalue weighted by Gasteiger charge is 2.19. The number of esters is 1. The average Bonchev–Trinajstić information content (AvgIpc) is 3.05. The maximum Gasteiger partial charge on any atom is 0.360 e. The summed E-state index contributed by atoms with van der Waals surface area (Å²) in [6.45, 7) is 3.47. The van der Waals surface area contributed by atoms with E-state index in [2.05, 4.69) is 15.3 Å². The van der Waals surface area contributed by atoms with E-state index in [9.17, 15) is 4.79 Å². The molecule has 0 bridgehead atoms. The Balaban J connectivity index is 2.10. The topological polar surface area (TPSA) is 101 Å². The molecule has 19 heavy (non-hydrogen) atoms. The van der Waals surface area contributed by atoms with Crippen LogP contribution in [0.3, 0.4) is 0 Å². The Kier molecular flexibility index (Phi) is 4.24. The van der Waals surface area contributed by atoms with Gasteiger partial charge in [0.25, 0.3) is 0 Å². The van der Waals surface area contributed by atoms with Crippen LogP contribution in [-0.2, 0) is 24.4 Å². The fourth-order valence-corrected chi connectivity index (χ4v) is 1.70. The van der Waals surface area contributed by atoms with Gasteiger partial charge in [-0.15, -0.1) is 5.10 Å². The highest BCUT2D eigenvalue weighted by molar-refractivity contribution is 5.88. The lowest BCUT2D eigenvalue weighted by atomic mass is 10.3. The van der Waals surface area contributed by atoms with Crippen LogP contribution in [0.4, 0.5) is 0 Å². The van der Waals surface area contributed by atoms with Crippen LogP contribution >= 0.6 is 0 Å². The Bertz CT molecular complexity index is 533. The van der Waals surface area contributed by atoms with E-state index in [1.165, 1.54) is 0 Å². The second-order valence-corrected chi connectivity index (χ2v) is 3.83. The molecule has 2 aromatic rings. The van der Waals surface area contributed by atoms with Gasteiger partial charge < -0.3 is 15.0 Å². The van der Waals surface area contributed by atoms with Crippen LogP contribution in [-0.4, -0.2) is 37.1 Å². The predicted octanol–water partition coefficient (Wildman–Crippen LogP) is -0.190. The summed E-state index contributed by atoms with van der Waals surface area (Å²) in [5.74, 6) is -0.489. The zero-order chi connectivity index (χ0) is 13.7. The third kappa shape index (κ3) is 2.97. The van der Waals surface area contributed by atoms with E-state index in [0.717, 1.165) is 0 Å². The molecule has 0 aromatic carbocycles. The molecule has 0 aliphatic rings. The van der Waals surface area contributed by atoms with Crippen molar-refractivity contribution in [3.63, 3.8) is 0 Å². The predicted molar refractivity (Wildman–Crippen MR) is 66.1 cm³/mol. The molecule has 2 rings (SSSR count). The fraction of sp³-hybridized carbons (Fsp3) is 0.455. The van der Waals surface area contributed by atoms with Gasteiger partial charge in [-0.3, -0.25) is 0 Å². The van der Waals surface area contributed by atoms with Crippen molar-refractivity contribution in [2.45, 2.75) is 26.6 Å². The molecule has 2 heterocycles. The maximum absolute atomic E-state index is 11.7. The minimum absolute atomic E-state index is 0.186. The Hall–Kier alpha value is -2.22. The van der Waals surface area contributed by atoms with Gasteiger partial charge in [-0.05, 0) is 6.92 Å². The van der Waals surface area contributed by atoms with Crippen LogP contribution in [0.5, 0.6) is 0 Å². The van der Waals surface area contributed by atoms with E-state index in [0.29, 0.717) is 25.4 Å². The van der Waals surface area contributed by atoms with E-state index >= 15 is 0 Å². The Labute approximate surface area is 110 Å². The Morgan fingerprint density at radius 2 is 2.32 bits per heavy atom. The molecule has 0 fully saturated rings. The van der Waals surface area contributed by atoms with E-state index in [4.69, 9.17) is 10.5 Å². The first-order valence-electron chi connectivity index (χ1n) is 6.01. The SMILES string of the molecule is CCOC(=O)c1nnn(CCn2ccnc2)c1CN. The lowest BCUT2D eigenvalue weighted by Crippen LogP contribution is -2.16. The molecule has 2 aromatic heterocycles. The molecule has 0 aliphatic heterocycles. The largest absolute Gasteiger partial charge is 0.461 e. The first-order valence-corrected chi connectivity index (χ1v) is 6.01. The Morgan fingerprint density at radius 3 is 2.95 bits per heavy atom. The van der Waals surface area contributed by atoms with Crippen molar-refractivity contribution in [3.8, 4) is 0 Å². The summed E-state index contributed by atoms with van der Waals surface area (Å²) >= 11 is 0. The maximum atomic E-state index is 11.7. The van der Waals surface area contributed by atoms with Gasteiger partial charge in [-0.1, -0.05) is 5.21 Å². The molecule has 0 spiro atoms. The fourth-order valence-electron chi connectivity index (χ4n) is 1.70. The molecule has 0 amide bonds. The van der Waals surface area contributed by atoms with Gasteiger partial charge in [-0.2, -0.15) is 0 Å². The van der Waals surface area contributed by atoms with Gasteiger partial charge in [0.2, 0.25) is 0 Å². The van der Waals surface area contributed by atoms with Crippen LogP contribution in [0.25, 0.3) is 0 Å². The van der Waals surface area contributed by atoms with E-state index in [1.807, 2.05) is 10.8 Å². The quantitative estimate of drug-likeness (QED) is 0.726. The van der Waals surface area contributed by atoms with Crippen molar-refractivity contribution in [2.75, 3.05) is 6.61 Å². The summed E-state index contributed by atoms with van der Waals surface area (Å²) in [6.07, 6.45) is 5.27. The van der Waals surface area contributed by atoms with Crippen molar-refractivity contribution in [3.05, 3.63) is 30.1 Å². The number of ether oxygens (including phenoxy) is 1.